The van der Waals surface area contributed by atoms with Gasteiger partial charge in [0.15, 0.2) is 0 Å². The van der Waals surface area contributed by atoms with Crippen LogP contribution in [0.25, 0.3) is 0 Å². The molecule has 2 aromatic carbocycles. The molecular formula is C13H10Cl2O. The molecule has 1 nitrogen and oxygen atoms in total. The zero-order valence-electron chi connectivity index (χ0n) is 8.71. The predicted octanol–water partition coefficient (Wildman–Crippen LogP) is 5.09. The van der Waals surface area contributed by atoms with Gasteiger partial charge < -0.3 is 4.74 Å². The van der Waals surface area contributed by atoms with Crippen LogP contribution in [0.15, 0.2) is 42.5 Å². The van der Waals surface area contributed by atoms with E-state index in [0.717, 1.165) is 5.56 Å². The minimum atomic E-state index is 0.649. The van der Waals surface area contributed by atoms with Crippen molar-refractivity contribution in [2.75, 3.05) is 0 Å². The summed E-state index contributed by atoms with van der Waals surface area (Å²) < 4.78 is 5.65. The maximum atomic E-state index is 5.94. The van der Waals surface area contributed by atoms with E-state index in [1.165, 1.54) is 0 Å². The fraction of sp³-hybridized carbons (Fsp3) is 0.0769. The van der Waals surface area contributed by atoms with E-state index in [0.29, 0.717) is 21.5 Å². The van der Waals surface area contributed by atoms with Gasteiger partial charge in [-0.3, -0.25) is 0 Å². The number of rotatable bonds is 2. The molecule has 0 radical (unpaired) electrons. The summed E-state index contributed by atoms with van der Waals surface area (Å²) in [4.78, 5) is 0. The van der Waals surface area contributed by atoms with Gasteiger partial charge in [0.05, 0.1) is 0 Å². The molecule has 0 fully saturated rings. The third-order valence-corrected chi connectivity index (χ3v) is 2.50. The van der Waals surface area contributed by atoms with E-state index in [2.05, 4.69) is 0 Å². The fourth-order valence-electron chi connectivity index (χ4n) is 1.43. The van der Waals surface area contributed by atoms with Gasteiger partial charge in [-0.1, -0.05) is 29.3 Å². The Hall–Kier alpha value is -1.18. The Bertz CT molecular complexity index is 489. The van der Waals surface area contributed by atoms with Crippen molar-refractivity contribution in [2.45, 2.75) is 6.92 Å². The topological polar surface area (TPSA) is 9.23 Å². The lowest BCUT2D eigenvalue weighted by molar-refractivity contribution is 0.482. The molecule has 16 heavy (non-hydrogen) atoms. The van der Waals surface area contributed by atoms with Crippen molar-refractivity contribution in [3.05, 3.63) is 58.1 Å². The van der Waals surface area contributed by atoms with Gasteiger partial charge >= 0.3 is 0 Å². The second-order valence-electron chi connectivity index (χ2n) is 3.52. The lowest BCUT2D eigenvalue weighted by atomic mass is 10.2. The van der Waals surface area contributed by atoms with E-state index in [4.69, 9.17) is 27.9 Å². The van der Waals surface area contributed by atoms with Crippen molar-refractivity contribution in [2.24, 2.45) is 0 Å². The first kappa shape index (κ1) is 11.3. The molecular weight excluding hydrogens is 243 g/mol. The maximum absolute atomic E-state index is 5.94. The molecule has 2 rings (SSSR count). The van der Waals surface area contributed by atoms with E-state index in [1.54, 1.807) is 18.2 Å². The summed E-state index contributed by atoms with van der Waals surface area (Å²) in [5.74, 6) is 1.42. The fourth-order valence-corrected chi connectivity index (χ4v) is 1.89. The molecule has 82 valence electrons. The lowest BCUT2D eigenvalue weighted by Gasteiger charge is -2.07. The van der Waals surface area contributed by atoms with Crippen molar-refractivity contribution in [1.82, 2.24) is 0 Å². The summed E-state index contributed by atoms with van der Waals surface area (Å²) in [6, 6.07) is 12.8. The maximum Gasteiger partial charge on any atom is 0.129 e. The smallest absolute Gasteiger partial charge is 0.129 e. The zero-order valence-corrected chi connectivity index (χ0v) is 10.2. The van der Waals surface area contributed by atoms with Gasteiger partial charge in [0.2, 0.25) is 0 Å². The van der Waals surface area contributed by atoms with Crippen molar-refractivity contribution in [3.63, 3.8) is 0 Å². The average molecular weight is 253 g/mol. The van der Waals surface area contributed by atoms with E-state index in [-0.39, 0.29) is 0 Å². The number of hydrogen-bond donors (Lipinski definition) is 0. The van der Waals surface area contributed by atoms with Crippen molar-refractivity contribution < 1.29 is 4.74 Å². The molecule has 3 heteroatoms. The van der Waals surface area contributed by atoms with E-state index >= 15 is 0 Å². The van der Waals surface area contributed by atoms with Gasteiger partial charge in [0, 0.05) is 10.0 Å². The molecule has 0 N–H and O–H groups in total. The summed E-state index contributed by atoms with van der Waals surface area (Å²) in [7, 11) is 0. The summed E-state index contributed by atoms with van der Waals surface area (Å²) >= 11 is 11.8. The van der Waals surface area contributed by atoms with Gasteiger partial charge in [0.25, 0.3) is 0 Å². The minimum Gasteiger partial charge on any atom is -0.457 e. The van der Waals surface area contributed by atoms with Crippen molar-refractivity contribution in [3.8, 4) is 11.5 Å². The third kappa shape index (κ3) is 2.91. The van der Waals surface area contributed by atoms with E-state index < -0.39 is 0 Å². The lowest BCUT2D eigenvalue weighted by Crippen LogP contribution is -1.85. The standard InChI is InChI=1S/C13H10Cl2O/c1-9-5-11(15)8-13(6-9)16-12-4-2-3-10(14)7-12/h2-8H,1H3. The highest BCUT2D eigenvalue weighted by Crippen LogP contribution is 2.27. The second kappa shape index (κ2) is 4.77. The largest absolute Gasteiger partial charge is 0.457 e. The molecule has 0 amide bonds. The van der Waals surface area contributed by atoms with Crippen LogP contribution in [0.3, 0.4) is 0 Å². The van der Waals surface area contributed by atoms with Gasteiger partial charge in [-0.2, -0.15) is 0 Å². The van der Waals surface area contributed by atoms with Crippen LogP contribution in [-0.2, 0) is 0 Å². The first-order valence-electron chi connectivity index (χ1n) is 4.84. The second-order valence-corrected chi connectivity index (χ2v) is 4.40. The van der Waals surface area contributed by atoms with Crippen LogP contribution in [0.5, 0.6) is 11.5 Å². The SMILES string of the molecule is Cc1cc(Cl)cc(Oc2cccc(Cl)c2)c1. The molecule has 0 atom stereocenters. The van der Waals surface area contributed by atoms with Gasteiger partial charge in [0.1, 0.15) is 11.5 Å². The molecule has 0 saturated heterocycles. The summed E-state index contributed by atoms with van der Waals surface area (Å²) in [5, 5.41) is 1.31. The zero-order chi connectivity index (χ0) is 11.5. The molecule has 0 saturated carbocycles. The Morgan fingerprint density at radius 3 is 2.31 bits per heavy atom. The number of benzene rings is 2. The van der Waals surface area contributed by atoms with Crippen LogP contribution in [0, 0.1) is 6.92 Å². The highest BCUT2D eigenvalue weighted by molar-refractivity contribution is 6.31. The van der Waals surface area contributed by atoms with Crippen LogP contribution in [0.4, 0.5) is 0 Å². The van der Waals surface area contributed by atoms with Gasteiger partial charge in [-0.15, -0.1) is 0 Å². The number of aryl methyl sites for hydroxylation is 1. The quantitative estimate of drug-likeness (QED) is 0.723. The number of hydrogen-bond acceptors (Lipinski definition) is 1. The highest BCUT2D eigenvalue weighted by Gasteiger charge is 2.00. The van der Waals surface area contributed by atoms with Crippen LogP contribution in [-0.4, -0.2) is 0 Å². The molecule has 0 aromatic heterocycles. The number of halogens is 2. The average Bonchev–Trinajstić information content (AvgIpc) is 2.15. The van der Waals surface area contributed by atoms with Crippen LogP contribution in [0.2, 0.25) is 10.0 Å². The molecule has 0 aliphatic carbocycles. The minimum absolute atomic E-state index is 0.649. The molecule has 0 heterocycles. The Morgan fingerprint density at radius 1 is 0.875 bits per heavy atom. The van der Waals surface area contributed by atoms with Crippen molar-refractivity contribution in [1.29, 1.82) is 0 Å². The normalized spacial score (nSPS) is 10.2. The van der Waals surface area contributed by atoms with Gasteiger partial charge in [-0.05, 0) is 48.9 Å². The Kier molecular flexibility index (Phi) is 3.37. The van der Waals surface area contributed by atoms with Gasteiger partial charge in [-0.25, -0.2) is 0 Å². The Balaban J connectivity index is 2.27. The molecule has 2 aromatic rings. The first-order chi connectivity index (χ1) is 7.63. The van der Waals surface area contributed by atoms with E-state index in [9.17, 15) is 0 Å². The predicted molar refractivity (Wildman–Crippen MR) is 67.7 cm³/mol. The van der Waals surface area contributed by atoms with Crippen LogP contribution in [0.1, 0.15) is 5.56 Å². The molecule has 0 aliphatic rings. The van der Waals surface area contributed by atoms with Crippen molar-refractivity contribution >= 4 is 23.2 Å². The Labute approximate surface area is 105 Å². The summed E-state index contributed by atoms with van der Waals surface area (Å²) in [6.45, 7) is 1.97. The van der Waals surface area contributed by atoms with E-state index in [1.807, 2.05) is 31.2 Å². The molecule has 0 bridgehead atoms. The molecule has 0 spiro atoms. The Morgan fingerprint density at radius 2 is 1.62 bits per heavy atom. The summed E-state index contributed by atoms with van der Waals surface area (Å²) in [5.41, 5.74) is 1.06. The summed E-state index contributed by atoms with van der Waals surface area (Å²) in [6.07, 6.45) is 0. The first-order valence-corrected chi connectivity index (χ1v) is 5.60. The third-order valence-electron chi connectivity index (χ3n) is 2.05. The highest BCUT2D eigenvalue weighted by atomic mass is 35.5. The van der Waals surface area contributed by atoms with Crippen LogP contribution < -0.4 is 4.74 Å². The molecule has 0 aliphatic heterocycles. The number of ether oxygens (including phenoxy) is 1. The van der Waals surface area contributed by atoms with Crippen LogP contribution >= 0.6 is 23.2 Å². The molecule has 0 unspecified atom stereocenters. The monoisotopic (exact) mass is 252 g/mol.